The highest BCUT2D eigenvalue weighted by atomic mass is 35.5. The number of aliphatic carboxylic acids is 1. The Morgan fingerprint density at radius 3 is 2.73 bits per heavy atom. The van der Waals surface area contributed by atoms with E-state index in [-0.39, 0.29) is 6.42 Å². The highest BCUT2D eigenvalue weighted by Crippen LogP contribution is 2.29. The first-order valence-electron chi connectivity index (χ1n) is 4.68. The average Bonchev–Trinajstić information content (AvgIpc) is 2.11. The molecule has 0 radical (unpaired) electrons. The molecule has 4 heteroatoms. The molecule has 3 nitrogen and oxygen atoms in total. The Kier molecular flexibility index (Phi) is 3.97. The molecule has 0 aliphatic rings. The van der Waals surface area contributed by atoms with Gasteiger partial charge in [0.1, 0.15) is 5.75 Å². The maximum absolute atomic E-state index is 10.6. The molecule has 0 unspecified atom stereocenters. The first kappa shape index (κ1) is 11.9. The van der Waals surface area contributed by atoms with Crippen molar-refractivity contribution in [2.24, 2.45) is 0 Å². The minimum Gasteiger partial charge on any atom is -0.494 e. The second kappa shape index (κ2) is 5.03. The Labute approximate surface area is 93.6 Å². The maximum Gasteiger partial charge on any atom is 0.308 e. The van der Waals surface area contributed by atoms with E-state index < -0.39 is 5.97 Å². The molecular formula is C11H13ClO3. The lowest BCUT2D eigenvalue weighted by atomic mass is 10.1. The number of carbonyl (C=O) groups is 1. The minimum absolute atomic E-state index is 0.117. The highest BCUT2D eigenvalue weighted by Gasteiger charge is 2.12. The number of halogens is 1. The van der Waals surface area contributed by atoms with Crippen LogP contribution < -0.4 is 4.74 Å². The molecule has 1 aromatic carbocycles. The van der Waals surface area contributed by atoms with Gasteiger partial charge in [0.15, 0.2) is 0 Å². The summed E-state index contributed by atoms with van der Waals surface area (Å²) in [6.07, 6.45) is -0.117. The van der Waals surface area contributed by atoms with Crippen LogP contribution in [0.3, 0.4) is 0 Å². The van der Waals surface area contributed by atoms with E-state index in [9.17, 15) is 4.79 Å². The predicted molar refractivity (Wildman–Crippen MR) is 58.7 cm³/mol. The van der Waals surface area contributed by atoms with Gasteiger partial charge in [-0.05, 0) is 31.5 Å². The van der Waals surface area contributed by atoms with Crippen LogP contribution in [0, 0.1) is 6.92 Å². The number of aryl methyl sites for hydroxylation is 1. The van der Waals surface area contributed by atoms with E-state index >= 15 is 0 Å². The molecule has 1 N–H and O–H groups in total. The van der Waals surface area contributed by atoms with Gasteiger partial charge in [-0.25, -0.2) is 0 Å². The summed E-state index contributed by atoms with van der Waals surface area (Å²) in [5.74, 6) is -0.355. The van der Waals surface area contributed by atoms with E-state index in [1.54, 1.807) is 12.1 Å². The number of hydrogen-bond acceptors (Lipinski definition) is 2. The van der Waals surface area contributed by atoms with Crippen molar-refractivity contribution >= 4 is 17.6 Å². The standard InChI is InChI=1S/C11H13ClO3/c1-3-15-10-5-7(2)4-9(12)8(10)6-11(13)14/h4-5H,3,6H2,1-2H3,(H,13,14). The van der Waals surface area contributed by atoms with Gasteiger partial charge in [0, 0.05) is 10.6 Å². The van der Waals surface area contributed by atoms with Crippen molar-refractivity contribution in [1.29, 1.82) is 0 Å². The topological polar surface area (TPSA) is 46.5 Å². The smallest absolute Gasteiger partial charge is 0.308 e. The molecule has 0 atom stereocenters. The van der Waals surface area contributed by atoms with Gasteiger partial charge in [-0.2, -0.15) is 0 Å². The lowest BCUT2D eigenvalue weighted by Gasteiger charge is -2.11. The van der Waals surface area contributed by atoms with E-state index in [2.05, 4.69) is 0 Å². The summed E-state index contributed by atoms with van der Waals surface area (Å²) >= 11 is 5.97. The zero-order chi connectivity index (χ0) is 11.4. The van der Waals surface area contributed by atoms with Gasteiger partial charge in [-0.15, -0.1) is 0 Å². The van der Waals surface area contributed by atoms with Crippen molar-refractivity contribution in [2.75, 3.05) is 6.61 Å². The van der Waals surface area contributed by atoms with Gasteiger partial charge in [-0.3, -0.25) is 4.79 Å². The molecule has 0 spiro atoms. The lowest BCUT2D eigenvalue weighted by Crippen LogP contribution is -2.05. The molecule has 15 heavy (non-hydrogen) atoms. The Balaban J connectivity index is 3.14. The lowest BCUT2D eigenvalue weighted by molar-refractivity contribution is -0.136. The molecule has 0 aromatic heterocycles. The molecule has 1 rings (SSSR count). The van der Waals surface area contributed by atoms with E-state index in [4.69, 9.17) is 21.4 Å². The SMILES string of the molecule is CCOc1cc(C)cc(Cl)c1CC(=O)O. The summed E-state index contributed by atoms with van der Waals surface area (Å²) in [6, 6.07) is 3.54. The maximum atomic E-state index is 10.6. The number of hydrogen-bond donors (Lipinski definition) is 1. The second-order valence-electron chi connectivity index (χ2n) is 3.23. The fraction of sp³-hybridized carbons (Fsp3) is 0.364. The molecule has 0 fully saturated rings. The molecule has 0 saturated heterocycles. The van der Waals surface area contributed by atoms with Crippen LogP contribution in [0.4, 0.5) is 0 Å². The minimum atomic E-state index is -0.915. The molecular weight excluding hydrogens is 216 g/mol. The molecule has 0 amide bonds. The summed E-state index contributed by atoms with van der Waals surface area (Å²) in [6.45, 7) is 4.23. The zero-order valence-electron chi connectivity index (χ0n) is 8.71. The van der Waals surface area contributed by atoms with E-state index in [1.165, 1.54) is 0 Å². The Bertz CT molecular complexity index is 374. The molecule has 0 bridgehead atoms. The van der Waals surface area contributed by atoms with Gasteiger partial charge in [0.05, 0.1) is 13.0 Å². The fourth-order valence-electron chi connectivity index (χ4n) is 1.35. The third kappa shape index (κ3) is 3.13. The second-order valence-corrected chi connectivity index (χ2v) is 3.63. The third-order valence-electron chi connectivity index (χ3n) is 1.93. The average molecular weight is 229 g/mol. The fourth-order valence-corrected chi connectivity index (χ4v) is 1.68. The molecule has 0 aliphatic heterocycles. The number of rotatable bonds is 4. The van der Waals surface area contributed by atoms with E-state index in [1.807, 2.05) is 13.8 Å². The van der Waals surface area contributed by atoms with Crippen molar-refractivity contribution in [3.05, 3.63) is 28.3 Å². The van der Waals surface area contributed by atoms with Crippen LogP contribution in [0.5, 0.6) is 5.75 Å². The largest absolute Gasteiger partial charge is 0.494 e. The number of benzene rings is 1. The monoisotopic (exact) mass is 228 g/mol. The van der Waals surface area contributed by atoms with Crippen LogP contribution in [0.1, 0.15) is 18.1 Å². The molecule has 0 aliphatic carbocycles. The molecule has 1 aromatic rings. The predicted octanol–water partition coefficient (Wildman–Crippen LogP) is 2.67. The van der Waals surface area contributed by atoms with Gasteiger partial charge < -0.3 is 9.84 Å². The summed E-state index contributed by atoms with van der Waals surface area (Å²) in [4.78, 5) is 10.6. The third-order valence-corrected chi connectivity index (χ3v) is 2.26. The first-order chi connectivity index (χ1) is 7.04. The highest BCUT2D eigenvalue weighted by molar-refractivity contribution is 6.31. The van der Waals surface area contributed by atoms with E-state index in [0.717, 1.165) is 5.56 Å². The Morgan fingerprint density at radius 2 is 2.20 bits per heavy atom. The van der Waals surface area contributed by atoms with Crippen LogP contribution in [-0.2, 0) is 11.2 Å². The van der Waals surface area contributed by atoms with Gasteiger partial charge >= 0.3 is 5.97 Å². The zero-order valence-corrected chi connectivity index (χ0v) is 9.47. The Morgan fingerprint density at radius 1 is 1.53 bits per heavy atom. The quantitative estimate of drug-likeness (QED) is 0.862. The van der Waals surface area contributed by atoms with Gasteiger partial charge in [0.25, 0.3) is 0 Å². The first-order valence-corrected chi connectivity index (χ1v) is 5.06. The number of carboxylic acids is 1. The summed E-state index contributed by atoms with van der Waals surface area (Å²) in [5, 5.41) is 9.18. The van der Waals surface area contributed by atoms with Crippen molar-refractivity contribution in [3.63, 3.8) is 0 Å². The van der Waals surface area contributed by atoms with Crippen LogP contribution in [0.15, 0.2) is 12.1 Å². The van der Waals surface area contributed by atoms with Crippen LogP contribution >= 0.6 is 11.6 Å². The van der Waals surface area contributed by atoms with Crippen molar-refractivity contribution in [3.8, 4) is 5.75 Å². The molecule has 82 valence electrons. The summed E-state index contributed by atoms with van der Waals surface area (Å²) < 4.78 is 5.35. The summed E-state index contributed by atoms with van der Waals surface area (Å²) in [5.41, 5.74) is 1.49. The van der Waals surface area contributed by atoms with Crippen LogP contribution in [-0.4, -0.2) is 17.7 Å². The Hall–Kier alpha value is -1.22. The number of carboxylic acid groups (broad SMARTS) is 1. The summed E-state index contributed by atoms with van der Waals surface area (Å²) in [7, 11) is 0. The normalized spacial score (nSPS) is 10.1. The van der Waals surface area contributed by atoms with Gasteiger partial charge in [0.2, 0.25) is 0 Å². The van der Waals surface area contributed by atoms with Crippen molar-refractivity contribution < 1.29 is 14.6 Å². The van der Waals surface area contributed by atoms with Crippen molar-refractivity contribution in [2.45, 2.75) is 20.3 Å². The van der Waals surface area contributed by atoms with Crippen molar-refractivity contribution in [1.82, 2.24) is 0 Å². The van der Waals surface area contributed by atoms with Crippen LogP contribution in [0.25, 0.3) is 0 Å². The molecule has 0 saturated carbocycles. The van der Waals surface area contributed by atoms with E-state index in [0.29, 0.717) is 22.9 Å². The molecule has 0 heterocycles. The number of ether oxygens (including phenoxy) is 1. The van der Waals surface area contributed by atoms with Gasteiger partial charge in [-0.1, -0.05) is 11.6 Å². The van der Waals surface area contributed by atoms with Crippen LogP contribution in [0.2, 0.25) is 5.02 Å².